The number of nitrogens with one attached hydrogen (secondary N) is 1. The zero-order chi connectivity index (χ0) is 18.8. The minimum absolute atomic E-state index is 0.161. The molecular weight excluding hydrogens is 352 g/mol. The molecule has 0 bridgehead atoms. The van der Waals surface area contributed by atoms with E-state index in [9.17, 15) is 14.4 Å². The molecule has 2 aromatic heterocycles. The molecule has 2 amide bonds. The number of fused-ring (bicyclic) bond motifs is 1. The Kier molecular flexibility index (Phi) is 4.85. The molecule has 2 heterocycles. The Morgan fingerprint density at radius 3 is 2.85 bits per heavy atom. The fraction of sp³-hybridized carbons (Fsp3) is 0.222. The Bertz CT molecular complexity index is 1070. The lowest BCUT2D eigenvalue weighted by molar-refractivity contribution is 0.0955. The van der Waals surface area contributed by atoms with Gasteiger partial charge in [0.25, 0.3) is 11.5 Å². The van der Waals surface area contributed by atoms with Gasteiger partial charge in [0.05, 0.1) is 16.6 Å². The maximum absolute atomic E-state index is 12.5. The van der Waals surface area contributed by atoms with Crippen molar-refractivity contribution < 1.29 is 9.59 Å². The molecule has 0 aliphatic heterocycles. The van der Waals surface area contributed by atoms with Crippen molar-refractivity contribution >= 4 is 33.4 Å². The van der Waals surface area contributed by atoms with Crippen molar-refractivity contribution in [3.05, 3.63) is 62.5 Å². The zero-order valence-corrected chi connectivity index (χ0v) is 15.2. The molecule has 0 aliphatic rings. The Hall–Kier alpha value is -3.00. The summed E-state index contributed by atoms with van der Waals surface area (Å²) in [5.41, 5.74) is 7.10. The van der Waals surface area contributed by atoms with Crippen molar-refractivity contribution in [1.29, 1.82) is 0 Å². The summed E-state index contributed by atoms with van der Waals surface area (Å²) in [6.07, 6.45) is 2.02. The van der Waals surface area contributed by atoms with Gasteiger partial charge in [0.2, 0.25) is 5.91 Å². The molecule has 1 aromatic carbocycles. The van der Waals surface area contributed by atoms with Crippen LogP contribution < -0.4 is 16.6 Å². The lowest BCUT2D eigenvalue weighted by Crippen LogP contribution is -2.25. The van der Waals surface area contributed by atoms with Crippen LogP contribution in [-0.2, 0) is 13.5 Å². The minimum Gasteiger partial charge on any atom is -0.366 e. The van der Waals surface area contributed by atoms with Gasteiger partial charge in [-0.25, -0.2) is 4.98 Å². The van der Waals surface area contributed by atoms with Crippen LogP contribution in [0.5, 0.6) is 0 Å². The number of primary amides is 1. The van der Waals surface area contributed by atoms with Crippen molar-refractivity contribution in [2.75, 3.05) is 6.54 Å². The van der Waals surface area contributed by atoms with Gasteiger partial charge in [-0.2, -0.15) is 0 Å². The summed E-state index contributed by atoms with van der Waals surface area (Å²) in [7, 11) is 1.63. The van der Waals surface area contributed by atoms with Crippen molar-refractivity contribution in [2.45, 2.75) is 13.3 Å². The summed E-state index contributed by atoms with van der Waals surface area (Å²) < 4.78 is 1.40. The Balaban J connectivity index is 1.73. The van der Waals surface area contributed by atoms with Gasteiger partial charge in [0.1, 0.15) is 4.83 Å². The first-order chi connectivity index (χ1) is 12.4. The van der Waals surface area contributed by atoms with Gasteiger partial charge in [-0.05, 0) is 36.6 Å². The second kappa shape index (κ2) is 7.09. The molecule has 0 spiro atoms. The van der Waals surface area contributed by atoms with Crippen LogP contribution in [0.1, 0.15) is 31.2 Å². The van der Waals surface area contributed by atoms with Crippen molar-refractivity contribution in [3.8, 4) is 0 Å². The van der Waals surface area contributed by atoms with E-state index in [1.54, 1.807) is 32.2 Å². The van der Waals surface area contributed by atoms with Crippen LogP contribution in [0, 0.1) is 6.92 Å². The molecule has 8 heteroatoms. The number of carbonyl (C=O) groups is 2. The van der Waals surface area contributed by atoms with E-state index in [1.807, 2.05) is 6.07 Å². The Labute approximate surface area is 153 Å². The number of rotatable bonds is 5. The highest BCUT2D eigenvalue weighted by Gasteiger charge is 2.18. The van der Waals surface area contributed by atoms with E-state index in [-0.39, 0.29) is 11.5 Å². The topological polar surface area (TPSA) is 107 Å². The number of nitrogens with two attached hydrogens (primary N) is 1. The van der Waals surface area contributed by atoms with Crippen molar-refractivity contribution in [1.82, 2.24) is 14.9 Å². The Morgan fingerprint density at radius 1 is 1.35 bits per heavy atom. The second-order valence-corrected chi connectivity index (χ2v) is 6.97. The van der Waals surface area contributed by atoms with E-state index in [2.05, 4.69) is 10.3 Å². The first-order valence-corrected chi connectivity index (χ1v) is 8.82. The van der Waals surface area contributed by atoms with Crippen LogP contribution in [0.4, 0.5) is 0 Å². The maximum atomic E-state index is 12.5. The molecule has 0 fully saturated rings. The SMILES string of the molecule is Cc1c(C(=O)NCCc2cccc(C(N)=O)c2)sc2ncn(C)c(=O)c12. The second-order valence-electron chi connectivity index (χ2n) is 5.97. The summed E-state index contributed by atoms with van der Waals surface area (Å²) in [6, 6.07) is 7.00. The predicted octanol–water partition coefficient (Wildman–Crippen LogP) is 1.37. The summed E-state index contributed by atoms with van der Waals surface area (Å²) in [6.45, 7) is 2.16. The number of thiophene rings is 1. The zero-order valence-electron chi connectivity index (χ0n) is 14.4. The van der Waals surface area contributed by atoms with Crippen LogP contribution in [0.3, 0.4) is 0 Å². The monoisotopic (exact) mass is 370 g/mol. The number of benzene rings is 1. The number of aromatic nitrogens is 2. The van der Waals surface area contributed by atoms with Crippen molar-refractivity contribution in [2.24, 2.45) is 12.8 Å². The van der Waals surface area contributed by atoms with Crippen molar-refractivity contribution in [3.63, 3.8) is 0 Å². The van der Waals surface area contributed by atoms with Gasteiger partial charge in [-0.3, -0.25) is 14.4 Å². The van der Waals surface area contributed by atoms with Gasteiger partial charge in [0.15, 0.2) is 0 Å². The predicted molar refractivity (Wildman–Crippen MR) is 101 cm³/mol. The molecular formula is C18H18N4O3S. The standard InChI is InChI=1S/C18H18N4O3S/c1-10-13-17(21-9-22(2)18(13)25)26-14(10)16(24)20-7-6-11-4-3-5-12(8-11)15(19)23/h3-5,8-9H,6-7H2,1-2H3,(H2,19,23)(H,20,24). The molecule has 7 nitrogen and oxygen atoms in total. The highest BCUT2D eigenvalue weighted by molar-refractivity contribution is 7.20. The molecule has 0 saturated carbocycles. The third-order valence-corrected chi connectivity index (χ3v) is 5.33. The van der Waals surface area contributed by atoms with Gasteiger partial charge >= 0.3 is 0 Å². The number of nitrogens with zero attached hydrogens (tertiary/aromatic N) is 2. The van der Waals surface area contributed by atoms with E-state index in [0.717, 1.165) is 5.56 Å². The fourth-order valence-electron chi connectivity index (χ4n) is 2.71. The number of hydrogen-bond acceptors (Lipinski definition) is 5. The first-order valence-electron chi connectivity index (χ1n) is 8.00. The van der Waals surface area contributed by atoms with E-state index in [4.69, 9.17) is 5.73 Å². The number of carbonyl (C=O) groups excluding carboxylic acids is 2. The molecule has 0 radical (unpaired) electrons. The van der Waals surface area contributed by atoms with Gasteiger partial charge < -0.3 is 15.6 Å². The average Bonchev–Trinajstić information content (AvgIpc) is 2.96. The van der Waals surface area contributed by atoms with Crippen LogP contribution >= 0.6 is 11.3 Å². The number of amides is 2. The van der Waals surface area contributed by atoms with Gasteiger partial charge in [-0.1, -0.05) is 12.1 Å². The van der Waals surface area contributed by atoms with Crippen LogP contribution in [-0.4, -0.2) is 27.9 Å². The molecule has 3 aromatic rings. The molecule has 134 valence electrons. The van der Waals surface area contributed by atoms with E-state index >= 15 is 0 Å². The van der Waals surface area contributed by atoms with Crippen LogP contribution in [0.25, 0.3) is 10.2 Å². The third-order valence-electron chi connectivity index (χ3n) is 4.13. The fourth-order valence-corrected chi connectivity index (χ4v) is 3.76. The third kappa shape index (κ3) is 3.36. The summed E-state index contributed by atoms with van der Waals surface area (Å²) in [5, 5.41) is 3.34. The molecule has 0 unspecified atom stereocenters. The maximum Gasteiger partial charge on any atom is 0.262 e. The lowest BCUT2D eigenvalue weighted by Gasteiger charge is -2.06. The molecule has 0 atom stereocenters. The first kappa shape index (κ1) is 17.8. The smallest absolute Gasteiger partial charge is 0.262 e. The largest absolute Gasteiger partial charge is 0.366 e. The van der Waals surface area contributed by atoms with Gasteiger partial charge in [-0.15, -0.1) is 11.3 Å². The average molecular weight is 370 g/mol. The molecule has 3 rings (SSSR count). The highest BCUT2D eigenvalue weighted by atomic mass is 32.1. The number of hydrogen-bond donors (Lipinski definition) is 2. The van der Waals surface area contributed by atoms with Crippen LogP contribution in [0.2, 0.25) is 0 Å². The van der Waals surface area contributed by atoms with Gasteiger partial charge in [0, 0.05) is 19.2 Å². The highest BCUT2D eigenvalue weighted by Crippen LogP contribution is 2.26. The molecule has 0 saturated heterocycles. The molecule has 26 heavy (non-hydrogen) atoms. The normalized spacial score (nSPS) is 10.8. The van der Waals surface area contributed by atoms with E-state index in [0.29, 0.717) is 39.2 Å². The quantitative estimate of drug-likeness (QED) is 0.707. The number of aryl methyl sites for hydroxylation is 2. The summed E-state index contributed by atoms with van der Waals surface area (Å²) in [5.74, 6) is -0.718. The lowest BCUT2D eigenvalue weighted by atomic mass is 10.1. The Morgan fingerprint density at radius 2 is 2.12 bits per heavy atom. The molecule has 3 N–H and O–H groups in total. The molecule has 0 aliphatic carbocycles. The van der Waals surface area contributed by atoms with E-state index < -0.39 is 5.91 Å². The summed E-state index contributed by atoms with van der Waals surface area (Å²) >= 11 is 1.21. The summed E-state index contributed by atoms with van der Waals surface area (Å²) in [4.78, 5) is 41.2. The minimum atomic E-state index is -0.481. The van der Waals surface area contributed by atoms with Crippen LogP contribution in [0.15, 0.2) is 35.4 Å². The van der Waals surface area contributed by atoms with E-state index in [1.165, 1.54) is 22.2 Å².